The number of hydrogen-bond acceptors (Lipinski definition) is 3. The van der Waals surface area contributed by atoms with Crippen molar-refractivity contribution in [2.24, 2.45) is 10.9 Å². The predicted molar refractivity (Wildman–Crippen MR) is 73.1 cm³/mol. The van der Waals surface area contributed by atoms with E-state index in [1.165, 1.54) is 6.07 Å². The van der Waals surface area contributed by atoms with Gasteiger partial charge in [0.05, 0.1) is 5.56 Å². The lowest BCUT2D eigenvalue weighted by Crippen LogP contribution is -2.14. The molecule has 7 heteroatoms. The summed E-state index contributed by atoms with van der Waals surface area (Å²) < 4.78 is 32.4. The first-order valence-electron chi connectivity index (χ1n) is 5.41. The highest BCUT2D eigenvalue weighted by Gasteiger charge is 2.13. The van der Waals surface area contributed by atoms with Gasteiger partial charge >= 0.3 is 0 Å². The Morgan fingerprint density at radius 1 is 1.15 bits per heavy atom. The molecule has 0 saturated heterocycles. The molecular weight excluding hydrogens is 334 g/mol. The van der Waals surface area contributed by atoms with Crippen molar-refractivity contribution in [3.63, 3.8) is 0 Å². The molecule has 0 aromatic heterocycles. The highest BCUT2D eigenvalue weighted by atomic mass is 79.9. The maximum Gasteiger partial charge on any atom is 0.173 e. The van der Waals surface area contributed by atoms with Crippen molar-refractivity contribution in [3.05, 3.63) is 58.1 Å². The van der Waals surface area contributed by atoms with Gasteiger partial charge in [-0.1, -0.05) is 21.1 Å². The molecule has 2 aromatic rings. The molecule has 0 bridgehead atoms. The molecule has 0 fully saturated rings. The number of rotatable bonds is 3. The van der Waals surface area contributed by atoms with Crippen LogP contribution in [0.5, 0.6) is 11.5 Å². The fraction of sp³-hybridized carbons (Fsp3) is 0. The molecular formula is C13H9BrF2N2O2. The summed E-state index contributed by atoms with van der Waals surface area (Å²) in [5.74, 6) is -1.74. The Kier molecular flexibility index (Phi) is 4.19. The topological polar surface area (TPSA) is 67.8 Å². The van der Waals surface area contributed by atoms with E-state index in [9.17, 15) is 8.78 Å². The zero-order valence-electron chi connectivity index (χ0n) is 9.98. The number of nitrogens with two attached hydrogens (primary N) is 1. The summed E-state index contributed by atoms with van der Waals surface area (Å²) in [6, 6.07) is 7.64. The minimum Gasteiger partial charge on any atom is -0.454 e. The SMILES string of the molecule is N/C(=N/O)c1cc(Br)ccc1Oc1ccc(F)cc1F. The first-order valence-corrected chi connectivity index (χ1v) is 6.21. The van der Waals surface area contributed by atoms with Crippen LogP contribution in [0.4, 0.5) is 8.78 Å². The van der Waals surface area contributed by atoms with Gasteiger partial charge in [-0.2, -0.15) is 0 Å². The van der Waals surface area contributed by atoms with E-state index in [1.54, 1.807) is 12.1 Å². The molecule has 0 aliphatic rings. The van der Waals surface area contributed by atoms with Gasteiger partial charge in [0.1, 0.15) is 11.6 Å². The Morgan fingerprint density at radius 3 is 2.50 bits per heavy atom. The monoisotopic (exact) mass is 342 g/mol. The second-order valence-corrected chi connectivity index (χ2v) is 4.72. The van der Waals surface area contributed by atoms with Crippen molar-refractivity contribution in [2.75, 3.05) is 0 Å². The van der Waals surface area contributed by atoms with Crippen LogP contribution >= 0.6 is 15.9 Å². The Labute approximate surface area is 121 Å². The molecule has 2 aromatic carbocycles. The largest absolute Gasteiger partial charge is 0.454 e. The smallest absolute Gasteiger partial charge is 0.173 e. The molecule has 0 radical (unpaired) electrons. The lowest BCUT2D eigenvalue weighted by atomic mass is 10.2. The summed E-state index contributed by atoms with van der Waals surface area (Å²) in [6.45, 7) is 0. The average molecular weight is 343 g/mol. The normalized spacial score (nSPS) is 11.4. The van der Waals surface area contributed by atoms with E-state index in [2.05, 4.69) is 21.1 Å². The molecule has 0 unspecified atom stereocenters. The van der Waals surface area contributed by atoms with Crippen LogP contribution in [0.15, 0.2) is 46.0 Å². The number of halogens is 3. The van der Waals surface area contributed by atoms with Crippen LogP contribution in [-0.4, -0.2) is 11.0 Å². The summed E-state index contributed by atoms with van der Waals surface area (Å²) in [6.07, 6.45) is 0. The Bertz CT molecular complexity index is 677. The zero-order chi connectivity index (χ0) is 14.7. The van der Waals surface area contributed by atoms with Crippen LogP contribution in [0.25, 0.3) is 0 Å². The molecule has 4 nitrogen and oxygen atoms in total. The summed E-state index contributed by atoms with van der Waals surface area (Å²) in [4.78, 5) is 0. The van der Waals surface area contributed by atoms with Gasteiger partial charge < -0.3 is 15.7 Å². The molecule has 0 heterocycles. The molecule has 104 valence electrons. The average Bonchev–Trinajstić information content (AvgIpc) is 2.42. The Hall–Kier alpha value is -2.15. The minimum atomic E-state index is -0.849. The third-order valence-corrected chi connectivity index (χ3v) is 2.93. The van der Waals surface area contributed by atoms with E-state index in [4.69, 9.17) is 15.7 Å². The predicted octanol–water partition coefficient (Wildman–Crippen LogP) is 3.61. The van der Waals surface area contributed by atoms with Gasteiger partial charge in [0, 0.05) is 10.5 Å². The number of amidine groups is 1. The first-order chi connectivity index (χ1) is 9.51. The van der Waals surface area contributed by atoms with Crippen LogP contribution in [0.3, 0.4) is 0 Å². The Morgan fingerprint density at radius 2 is 1.85 bits per heavy atom. The van der Waals surface area contributed by atoms with Crippen LogP contribution in [-0.2, 0) is 0 Å². The highest BCUT2D eigenvalue weighted by molar-refractivity contribution is 9.10. The van der Waals surface area contributed by atoms with E-state index in [1.807, 2.05) is 0 Å². The molecule has 0 atom stereocenters. The molecule has 0 spiro atoms. The molecule has 0 amide bonds. The molecule has 0 saturated carbocycles. The van der Waals surface area contributed by atoms with E-state index in [0.29, 0.717) is 10.5 Å². The third kappa shape index (κ3) is 3.05. The maximum atomic E-state index is 13.5. The van der Waals surface area contributed by atoms with Gasteiger partial charge in [-0.25, -0.2) is 8.78 Å². The fourth-order valence-corrected chi connectivity index (χ4v) is 1.88. The van der Waals surface area contributed by atoms with Gasteiger partial charge in [0.15, 0.2) is 17.4 Å². The number of hydrogen-bond donors (Lipinski definition) is 2. The highest BCUT2D eigenvalue weighted by Crippen LogP contribution is 2.29. The van der Waals surface area contributed by atoms with Crippen molar-refractivity contribution in [1.82, 2.24) is 0 Å². The van der Waals surface area contributed by atoms with Gasteiger partial charge in [-0.3, -0.25) is 0 Å². The van der Waals surface area contributed by atoms with E-state index < -0.39 is 11.6 Å². The molecule has 20 heavy (non-hydrogen) atoms. The first kappa shape index (κ1) is 14.3. The lowest BCUT2D eigenvalue weighted by Gasteiger charge is -2.11. The van der Waals surface area contributed by atoms with Gasteiger partial charge in [-0.05, 0) is 30.3 Å². The van der Waals surface area contributed by atoms with Gasteiger partial charge in [0.2, 0.25) is 0 Å². The fourth-order valence-electron chi connectivity index (χ4n) is 1.52. The van der Waals surface area contributed by atoms with Crippen molar-refractivity contribution in [2.45, 2.75) is 0 Å². The Balaban J connectivity index is 2.43. The van der Waals surface area contributed by atoms with Crippen molar-refractivity contribution in [3.8, 4) is 11.5 Å². The zero-order valence-corrected chi connectivity index (χ0v) is 11.6. The molecule has 3 N–H and O–H groups in total. The number of nitrogens with zero attached hydrogens (tertiary/aromatic N) is 1. The second kappa shape index (κ2) is 5.87. The molecule has 2 rings (SSSR count). The van der Waals surface area contributed by atoms with Crippen LogP contribution in [0, 0.1) is 11.6 Å². The van der Waals surface area contributed by atoms with E-state index in [-0.39, 0.29) is 22.9 Å². The lowest BCUT2D eigenvalue weighted by molar-refractivity contribution is 0.318. The summed E-state index contributed by atoms with van der Waals surface area (Å²) in [5, 5.41) is 11.6. The summed E-state index contributed by atoms with van der Waals surface area (Å²) in [7, 11) is 0. The molecule has 0 aliphatic heterocycles. The van der Waals surface area contributed by atoms with Crippen LogP contribution in [0.1, 0.15) is 5.56 Å². The summed E-state index contributed by atoms with van der Waals surface area (Å²) >= 11 is 3.23. The minimum absolute atomic E-state index is 0.166. The van der Waals surface area contributed by atoms with E-state index >= 15 is 0 Å². The van der Waals surface area contributed by atoms with Crippen molar-refractivity contribution in [1.29, 1.82) is 0 Å². The van der Waals surface area contributed by atoms with Crippen LogP contribution in [0.2, 0.25) is 0 Å². The van der Waals surface area contributed by atoms with E-state index in [0.717, 1.165) is 12.1 Å². The van der Waals surface area contributed by atoms with Gasteiger partial charge in [0.25, 0.3) is 0 Å². The van der Waals surface area contributed by atoms with Crippen molar-refractivity contribution >= 4 is 21.8 Å². The van der Waals surface area contributed by atoms with Crippen LogP contribution < -0.4 is 10.5 Å². The molecule has 0 aliphatic carbocycles. The maximum absolute atomic E-state index is 13.5. The second-order valence-electron chi connectivity index (χ2n) is 3.80. The third-order valence-electron chi connectivity index (χ3n) is 2.44. The van der Waals surface area contributed by atoms with Crippen molar-refractivity contribution < 1.29 is 18.7 Å². The quantitative estimate of drug-likeness (QED) is 0.387. The number of ether oxygens (including phenoxy) is 1. The summed E-state index contributed by atoms with van der Waals surface area (Å²) in [5.41, 5.74) is 5.79. The standard InChI is InChI=1S/C13H9BrF2N2O2/c14-7-1-3-11(9(5-7)13(17)18-19)20-12-4-2-8(15)6-10(12)16/h1-6,19H,(H2,17,18). The number of benzene rings is 2. The van der Waals surface area contributed by atoms with Gasteiger partial charge in [-0.15, -0.1) is 0 Å². The number of oxime groups is 1.